The minimum absolute atomic E-state index is 0.145. The van der Waals surface area contributed by atoms with Crippen molar-refractivity contribution in [3.8, 4) is 16.9 Å². The Labute approximate surface area is 162 Å². The molecule has 8 heteroatoms. The summed E-state index contributed by atoms with van der Waals surface area (Å²) in [4.78, 5) is 15.6. The number of nitrogens with one attached hydrogen (secondary N) is 1. The van der Waals surface area contributed by atoms with E-state index in [-0.39, 0.29) is 10.5 Å². The molecule has 0 bridgehead atoms. The largest absolute Gasteiger partial charge is 0.493 e. The Morgan fingerprint density at radius 3 is 2.82 bits per heavy atom. The van der Waals surface area contributed by atoms with Gasteiger partial charge in [0, 0.05) is 54.7 Å². The lowest BCUT2D eigenvalue weighted by atomic mass is 10.0. The summed E-state index contributed by atoms with van der Waals surface area (Å²) in [5.74, 6) is 0.898. The normalized spacial score (nSPS) is 17.3. The van der Waals surface area contributed by atoms with Crippen molar-refractivity contribution in [2.75, 3.05) is 26.1 Å². The Hall–Kier alpha value is -2.58. The molecule has 1 aromatic carbocycles. The molecule has 148 valence electrons. The topological polar surface area (TPSA) is 90.4 Å². The van der Waals surface area contributed by atoms with E-state index in [2.05, 4.69) is 4.98 Å². The number of aryl methyl sites for hydroxylation is 1. The Bertz CT molecular complexity index is 1190. The summed E-state index contributed by atoms with van der Waals surface area (Å²) in [6, 6.07) is 6.66. The summed E-state index contributed by atoms with van der Waals surface area (Å²) in [5, 5.41) is 0.725. The van der Waals surface area contributed by atoms with Gasteiger partial charge in [0.15, 0.2) is 9.84 Å². The molecule has 0 amide bonds. The molecule has 1 aliphatic rings. The molecule has 1 unspecified atom stereocenters. The number of sulfone groups is 1. The zero-order valence-corrected chi connectivity index (χ0v) is 16.6. The van der Waals surface area contributed by atoms with E-state index in [0.717, 1.165) is 24.0 Å². The molecule has 1 atom stereocenters. The van der Waals surface area contributed by atoms with E-state index in [0.29, 0.717) is 36.0 Å². The van der Waals surface area contributed by atoms with Crippen LogP contribution >= 0.6 is 0 Å². The summed E-state index contributed by atoms with van der Waals surface area (Å²) in [7, 11) is -1.72. The number of H-pyrrole nitrogens is 1. The third-order valence-corrected chi connectivity index (χ3v) is 6.17. The number of benzene rings is 1. The van der Waals surface area contributed by atoms with Crippen LogP contribution in [0.3, 0.4) is 0 Å². The molecule has 0 spiro atoms. The van der Waals surface area contributed by atoms with Crippen molar-refractivity contribution in [3.63, 3.8) is 0 Å². The van der Waals surface area contributed by atoms with Crippen LogP contribution in [0.5, 0.6) is 5.75 Å². The van der Waals surface area contributed by atoms with Crippen LogP contribution in [0, 0.1) is 5.92 Å². The Kier molecular flexibility index (Phi) is 4.76. The number of aromatic amines is 1. The summed E-state index contributed by atoms with van der Waals surface area (Å²) in [5.41, 5.74) is 1.71. The highest BCUT2D eigenvalue weighted by atomic mass is 32.2. The second-order valence-corrected chi connectivity index (χ2v) is 9.21. The van der Waals surface area contributed by atoms with Gasteiger partial charge in [-0.15, -0.1) is 0 Å². The van der Waals surface area contributed by atoms with Gasteiger partial charge in [-0.1, -0.05) is 0 Å². The quantitative estimate of drug-likeness (QED) is 0.708. The average molecular weight is 402 g/mol. The van der Waals surface area contributed by atoms with E-state index in [1.807, 2.05) is 6.07 Å². The van der Waals surface area contributed by atoms with Crippen LogP contribution in [-0.4, -0.2) is 44.0 Å². The number of ether oxygens (including phenoxy) is 2. The molecule has 7 nitrogen and oxygen atoms in total. The maximum atomic E-state index is 12.4. The van der Waals surface area contributed by atoms with E-state index < -0.39 is 9.84 Å². The standard InChI is InChI=1S/C20H22N2O5S/c1-22-10-17(15-5-7-21-19(15)20(22)23)16-9-14(28(2,24)25)3-4-18(16)27-12-13-6-8-26-11-13/h3-5,7,9-10,13,21H,6,8,11-12H2,1-2H3. The van der Waals surface area contributed by atoms with E-state index in [4.69, 9.17) is 9.47 Å². The molecule has 28 heavy (non-hydrogen) atoms. The van der Waals surface area contributed by atoms with Crippen LogP contribution in [0.25, 0.3) is 22.0 Å². The molecule has 4 rings (SSSR count). The lowest BCUT2D eigenvalue weighted by Gasteiger charge is -2.16. The SMILES string of the molecule is Cn1cc(-c2cc(S(C)(=O)=O)ccc2OCC2CCOC2)c2cc[nH]c2c1=O. The number of rotatable bonds is 5. The average Bonchev–Trinajstić information content (AvgIpc) is 3.34. The Morgan fingerprint density at radius 2 is 2.11 bits per heavy atom. The molecule has 2 aromatic heterocycles. The molecular formula is C20H22N2O5S. The maximum Gasteiger partial charge on any atom is 0.274 e. The maximum absolute atomic E-state index is 12.4. The summed E-state index contributed by atoms with van der Waals surface area (Å²) in [6.45, 7) is 1.89. The van der Waals surface area contributed by atoms with Gasteiger partial charge in [-0.2, -0.15) is 0 Å². The van der Waals surface area contributed by atoms with Crippen molar-refractivity contribution >= 4 is 20.7 Å². The molecule has 3 heterocycles. The molecular weight excluding hydrogens is 380 g/mol. The Morgan fingerprint density at radius 1 is 1.29 bits per heavy atom. The van der Waals surface area contributed by atoms with Gasteiger partial charge in [-0.05, 0) is 30.7 Å². The zero-order chi connectivity index (χ0) is 19.9. The van der Waals surface area contributed by atoms with Gasteiger partial charge in [-0.3, -0.25) is 4.79 Å². The number of hydrogen-bond donors (Lipinski definition) is 1. The van der Waals surface area contributed by atoms with Crippen molar-refractivity contribution in [2.45, 2.75) is 11.3 Å². The summed E-state index contributed by atoms with van der Waals surface area (Å²) >= 11 is 0. The van der Waals surface area contributed by atoms with Gasteiger partial charge < -0.3 is 19.0 Å². The second-order valence-electron chi connectivity index (χ2n) is 7.20. The fourth-order valence-corrected chi connectivity index (χ4v) is 4.13. The van der Waals surface area contributed by atoms with Gasteiger partial charge >= 0.3 is 0 Å². The van der Waals surface area contributed by atoms with Gasteiger partial charge in [0.2, 0.25) is 0 Å². The molecule has 0 radical (unpaired) electrons. The number of aromatic nitrogens is 2. The number of pyridine rings is 1. The lowest BCUT2D eigenvalue weighted by molar-refractivity contribution is 0.167. The molecule has 0 aliphatic carbocycles. The first-order valence-corrected chi connectivity index (χ1v) is 11.0. The zero-order valence-electron chi connectivity index (χ0n) is 15.8. The van der Waals surface area contributed by atoms with Gasteiger partial charge in [0.1, 0.15) is 11.3 Å². The van der Waals surface area contributed by atoms with Crippen LogP contribution < -0.4 is 10.3 Å². The van der Waals surface area contributed by atoms with Gasteiger partial charge in [0.25, 0.3) is 5.56 Å². The highest BCUT2D eigenvalue weighted by Crippen LogP contribution is 2.36. The van der Waals surface area contributed by atoms with Crippen LogP contribution in [0.4, 0.5) is 0 Å². The predicted octanol–water partition coefficient (Wildman–Crippen LogP) is 2.35. The number of hydrogen-bond acceptors (Lipinski definition) is 5. The number of nitrogens with zero attached hydrogens (tertiary/aromatic N) is 1. The summed E-state index contributed by atoms with van der Waals surface area (Å²) in [6.07, 6.45) is 5.53. The van der Waals surface area contributed by atoms with Crippen LogP contribution in [0.1, 0.15) is 6.42 Å². The minimum Gasteiger partial charge on any atom is -0.493 e. The molecule has 1 fully saturated rings. The van der Waals surface area contributed by atoms with Crippen molar-refractivity contribution < 1.29 is 17.9 Å². The fraction of sp³-hybridized carbons (Fsp3) is 0.350. The predicted molar refractivity (Wildman–Crippen MR) is 107 cm³/mol. The van der Waals surface area contributed by atoms with E-state index >= 15 is 0 Å². The second kappa shape index (κ2) is 7.10. The van der Waals surface area contributed by atoms with Crippen LogP contribution in [0.2, 0.25) is 0 Å². The molecule has 0 saturated carbocycles. The van der Waals surface area contributed by atoms with Crippen molar-refractivity contribution in [1.29, 1.82) is 0 Å². The highest BCUT2D eigenvalue weighted by molar-refractivity contribution is 7.90. The van der Waals surface area contributed by atoms with Crippen molar-refractivity contribution in [1.82, 2.24) is 9.55 Å². The third-order valence-electron chi connectivity index (χ3n) is 5.06. The molecule has 1 N–H and O–H groups in total. The van der Waals surface area contributed by atoms with Gasteiger partial charge in [0.05, 0.1) is 18.1 Å². The molecule has 3 aromatic rings. The van der Waals surface area contributed by atoms with E-state index in [9.17, 15) is 13.2 Å². The first-order valence-electron chi connectivity index (χ1n) is 9.06. The van der Waals surface area contributed by atoms with Crippen LogP contribution in [-0.2, 0) is 21.6 Å². The van der Waals surface area contributed by atoms with Gasteiger partial charge in [-0.25, -0.2) is 8.42 Å². The molecule has 1 aliphatic heterocycles. The first-order chi connectivity index (χ1) is 13.3. The van der Waals surface area contributed by atoms with Crippen molar-refractivity contribution in [3.05, 3.63) is 47.0 Å². The third kappa shape index (κ3) is 3.45. The smallest absolute Gasteiger partial charge is 0.274 e. The van der Waals surface area contributed by atoms with Crippen molar-refractivity contribution in [2.24, 2.45) is 13.0 Å². The fourth-order valence-electron chi connectivity index (χ4n) is 3.48. The van der Waals surface area contributed by atoms with E-state index in [1.54, 1.807) is 37.6 Å². The molecule has 1 saturated heterocycles. The highest BCUT2D eigenvalue weighted by Gasteiger charge is 2.20. The minimum atomic E-state index is -3.39. The van der Waals surface area contributed by atoms with Crippen LogP contribution in [0.15, 0.2) is 46.3 Å². The summed E-state index contributed by atoms with van der Waals surface area (Å²) < 4.78 is 37.2. The Balaban J connectivity index is 1.87. The monoisotopic (exact) mass is 402 g/mol. The number of fused-ring (bicyclic) bond motifs is 1. The lowest BCUT2D eigenvalue weighted by Crippen LogP contribution is -2.17. The first kappa shape index (κ1) is 18.8. The van der Waals surface area contributed by atoms with E-state index in [1.165, 1.54) is 10.8 Å².